The number of amides is 1. The third-order valence-corrected chi connectivity index (χ3v) is 4.64. The first-order chi connectivity index (χ1) is 13.3. The van der Waals surface area contributed by atoms with Crippen molar-refractivity contribution in [3.8, 4) is 11.1 Å². The maximum Gasteiger partial charge on any atom is 0.217 e. The molecule has 2 rings (SSSR count). The molecule has 7 heteroatoms. The van der Waals surface area contributed by atoms with Crippen LogP contribution in [0, 0.1) is 0 Å². The molecule has 2 aromatic rings. The van der Waals surface area contributed by atoms with E-state index >= 15 is 0 Å². The molecule has 0 heterocycles. The summed E-state index contributed by atoms with van der Waals surface area (Å²) in [7, 11) is 0. The highest BCUT2D eigenvalue weighted by molar-refractivity contribution is 6.45. The summed E-state index contributed by atoms with van der Waals surface area (Å²) >= 11 is 11.5. The molecule has 0 saturated carbocycles. The summed E-state index contributed by atoms with van der Waals surface area (Å²) in [5.74, 6) is 0.0522. The van der Waals surface area contributed by atoms with Gasteiger partial charge in [-0.2, -0.15) is 0 Å². The number of carbonyl (C=O) groups is 1. The molecule has 3 N–H and O–H groups in total. The summed E-state index contributed by atoms with van der Waals surface area (Å²) < 4.78 is 18.7. The minimum atomic E-state index is -0.926. The van der Waals surface area contributed by atoms with Crippen molar-refractivity contribution in [2.45, 2.75) is 30.5 Å². The van der Waals surface area contributed by atoms with E-state index in [1.807, 2.05) is 48.5 Å². The Bertz CT molecular complexity index is 795. The Morgan fingerprint density at radius 3 is 2.14 bits per heavy atom. The SMILES string of the molecule is C=C(O[C@@H](c1ccc(-c2ccc(CNC(C)=O)cc2)cc1)[C@H](N)CF)C(Cl)Cl. The van der Waals surface area contributed by atoms with Gasteiger partial charge in [-0.15, -0.1) is 0 Å². The van der Waals surface area contributed by atoms with Gasteiger partial charge < -0.3 is 15.8 Å². The van der Waals surface area contributed by atoms with Crippen LogP contribution >= 0.6 is 23.2 Å². The average Bonchev–Trinajstić information content (AvgIpc) is 2.70. The molecule has 0 radical (unpaired) electrons. The first-order valence-corrected chi connectivity index (χ1v) is 9.58. The lowest BCUT2D eigenvalue weighted by Crippen LogP contribution is -2.32. The number of ether oxygens (including phenoxy) is 1. The first kappa shape index (κ1) is 22.2. The van der Waals surface area contributed by atoms with Gasteiger partial charge in [0.1, 0.15) is 18.5 Å². The topological polar surface area (TPSA) is 64.3 Å². The lowest BCUT2D eigenvalue weighted by Gasteiger charge is -2.25. The molecular weight excluding hydrogens is 402 g/mol. The fourth-order valence-electron chi connectivity index (χ4n) is 2.60. The lowest BCUT2D eigenvalue weighted by molar-refractivity contribution is -0.119. The first-order valence-electron chi connectivity index (χ1n) is 8.70. The second-order valence-corrected chi connectivity index (χ2v) is 7.45. The normalized spacial score (nSPS) is 13.1. The Morgan fingerprint density at radius 2 is 1.68 bits per heavy atom. The van der Waals surface area contributed by atoms with Crippen LogP contribution in [0.5, 0.6) is 0 Å². The van der Waals surface area contributed by atoms with E-state index in [1.165, 1.54) is 6.92 Å². The third kappa shape index (κ3) is 6.23. The average molecular weight is 425 g/mol. The Hall–Kier alpha value is -2.08. The predicted molar refractivity (Wildman–Crippen MR) is 112 cm³/mol. The van der Waals surface area contributed by atoms with E-state index in [0.29, 0.717) is 12.1 Å². The standard InChI is InChI=1S/C21H23Cl2FN2O2/c1-13(21(22)23)28-20(19(25)11-24)18-9-7-17(8-10-18)16-5-3-15(4-6-16)12-26-14(2)27/h3-10,19-21H,1,11-12,25H2,2H3,(H,26,27)/t19-,20+/m1/s1. The van der Waals surface area contributed by atoms with Crippen molar-refractivity contribution in [2.24, 2.45) is 5.73 Å². The fourth-order valence-corrected chi connectivity index (χ4v) is 2.71. The van der Waals surface area contributed by atoms with E-state index in [9.17, 15) is 9.18 Å². The number of hydrogen-bond donors (Lipinski definition) is 2. The molecule has 2 aromatic carbocycles. The second kappa shape index (κ2) is 10.5. The van der Waals surface area contributed by atoms with Gasteiger partial charge in [-0.25, -0.2) is 4.39 Å². The number of alkyl halides is 3. The Labute approximate surface area is 174 Å². The molecule has 0 saturated heterocycles. The van der Waals surface area contributed by atoms with Gasteiger partial charge in [0.2, 0.25) is 5.91 Å². The van der Waals surface area contributed by atoms with Gasteiger partial charge in [-0.1, -0.05) is 78.3 Å². The van der Waals surface area contributed by atoms with Crippen LogP contribution in [-0.4, -0.2) is 23.5 Å². The molecule has 0 fully saturated rings. The van der Waals surface area contributed by atoms with Gasteiger partial charge in [-0.05, 0) is 22.3 Å². The van der Waals surface area contributed by atoms with Crippen molar-refractivity contribution in [3.05, 3.63) is 72.0 Å². The summed E-state index contributed by atoms with van der Waals surface area (Å²) in [6, 6.07) is 14.4. The predicted octanol–water partition coefficient (Wildman–Crippen LogP) is 4.66. The molecule has 0 aromatic heterocycles. The number of carbonyl (C=O) groups excluding carboxylic acids is 1. The maximum atomic E-state index is 13.1. The van der Waals surface area contributed by atoms with E-state index in [-0.39, 0.29) is 11.7 Å². The summed E-state index contributed by atoms with van der Waals surface area (Å²) in [5.41, 5.74) is 9.55. The second-order valence-electron chi connectivity index (χ2n) is 6.35. The molecule has 0 unspecified atom stereocenters. The highest BCUT2D eigenvalue weighted by atomic mass is 35.5. The molecule has 0 spiro atoms. The molecule has 0 aliphatic rings. The maximum absolute atomic E-state index is 13.1. The highest BCUT2D eigenvalue weighted by Crippen LogP contribution is 2.29. The van der Waals surface area contributed by atoms with Gasteiger partial charge in [0, 0.05) is 13.5 Å². The molecule has 0 bridgehead atoms. The van der Waals surface area contributed by atoms with E-state index in [0.717, 1.165) is 16.7 Å². The van der Waals surface area contributed by atoms with Gasteiger partial charge in [-0.3, -0.25) is 4.79 Å². The number of nitrogens with two attached hydrogens (primary N) is 1. The third-order valence-electron chi connectivity index (χ3n) is 4.16. The zero-order valence-corrected chi connectivity index (χ0v) is 17.0. The molecule has 1 amide bonds. The van der Waals surface area contributed by atoms with Crippen LogP contribution in [0.2, 0.25) is 0 Å². The smallest absolute Gasteiger partial charge is 0.217 e. The largest absolute Gasteiger partial charge is 0.486 e. The molecule has 2 atom stereocenters. The van der Waals surface area contributed by atoms with Crippen LogP contribution in [0.15, 0.2) is 60.9 Å². The van der Waals surface area contributed by atoms with Crippen LogP contribution in [0.4, 0.5) is 4.39 Å². The molecule has 4 nitrogen and oxygen atoms in total. The molecule has 0 aliphatic heterocycles. The van der Waals surface area contributed by atoms with Crippen molar-refractivity contribution in [1.82, 2.24) is 5.32 Å². The number of hydrogen-bond acceptors (Lipinski definition) is 3. The zero-order chi connectivity index (χ0) is 20.7. The number of nitrogens with one attached hydrogen (secondary N) is 1. The number of rotatable bonds is 9. The monoisotopic (exact) mass is 424 g/mol. The highest BCUT2D eigenvalue weighted by Gasteiger charge is 2.24. The number of halogens is 3. The Balaban J connectivity index is 2.16. The van der Waals surface area contributed by atoms with Crippen molar-refractivity contribution in [3.63, 3.8) is 0 Å². The Morgan fingerprint density at radius 1 is 1.14 bits per heavy atom. The number of benzene rings is 2. The van der Waals surface area contributed by atoms with Crippen molar-refractivity contribution < 1.29 is 13.9 Å². The molecule has 28 heavy (non-hydrogen) atoms. The number of allylic oxidation sites excluding steroid dienone is 1. The van der Waals surface area contributed by atoms with Crippen molar-refractivity contribution in [2.75, 3.05) is 6.67 Å². The summed E-state index contributed by atoms with van der Waals surface area (Å²) in [6.45, 7) is 4.86. The molecule has 150 valence electrons. The summed E-state index contributed by atoms with van der Waals surface area (Å²) in [4.78, 5) is 10.1. The molecular formula is C21H23Cl2FN2O2. The van der Waals surface area contributed by atoms with Gasteiger partial charge in [0.05, 0.1) is 6.04 Å². The van der Waals surface area contributed by atoms with Crippen LogP contribution in [0.1, 0.15) is 24.2 Å². The lowest BCUT2D eigenvalue weighted by atomic mass is 9.98. The Kier molecular flexibility index (Phi) is 8.30. The summed E-state index contributed by atoms with van der Waals surface area (Å²) in [6.07, 6.45) is -0.744. The summed E-state index contributed by atoms with van der Waals surface area (Å²) in [5, 5.41) is 2.76. The van der Waals surface area contributed by atoms with Gasteiger partial charge in [0.25, 0.3) is 0 Å². The van der Waals surface area contributed by atoms with E-state index < -0.39 is 23.7 Å². The van der Waals surface area contributed by atoms with Gasteiger partial charge in [0.15, 0.2) is 4.84 Å². The van der Waals surface area contributed by atoms with Crippen LogP contribution < -0.4 is 11.1 Å². The van der Waals surface area contributed by atoms with E-state index in [1.54, 1.807) is 0 Å². The zero-order valence-electron chi connectivity index (χ0n) is 15.5. The van der Waals surface area contributed by atoms with Crippen molar-refractivity contribution >= 4 is 29.1 Å². The van der Waals surface area contributed by atoms with E-state index in [2.05, 4.69) is 11.9 Å². The molecule has 0 aliphatic carbocycles. The minimum Gasteiger partial charge on any atom is -0.486 e. The van der Waals surface area contributed by atoms with Crippen LogP contribution in [0.25, 0.3) is 11.1 Å². The van der Waals surface area contributed by atoms with Crippen LogP contribution in [-0.2, 0) is 16.1 Å². The van der Waals surface area contributed by atoms with Crippen molar-refractivity contribution in [1.29, 1.82) is 0 Å². The quantitative estimate of drug-likeness (QED) is 0.454. The van der Waals surface area contributed by atoms with Crippen LogP contribution in [0.3, 0.4) is 0 Å². The van der Waals surface area contributed by atoms with E-state index in [4.69, 9.17) is 33.7 Å². The van der Waals surface area contributed by atoms with Gasteiger partial charge >= 0.3 is 0 Å². The fraction of sp³-hybridized carbons (Fsp3) is 0.286. The minimum absolute atomic E-state index is 0.0692.